The molecule has 0 amide bonds. The molecule has 0 unspecified atom stereocenters. The van der Waals surface area contributed by atoms with Crippen LogP contribution < -0.4 is 4.74 Å². The molecular weight excluding hydrogens is 348 g/mol. The highest BCUT2D eigenvalue weighted by Crippen LogP contribution is 2.35. The van der Waals surface area contributed by atoms with E-state index < -0.39 is 0 Å². The maximum Gasteiger partial charge on any atom is 0.134 e. The molecule has 0 aliphatic carbocycles. The van der Waals surface area contributed by atoms with Gasteiger partial charge in [-0.05, 0) is 51.0 Å². The second kappa shape index (κ2) is 8.54. The van der Waals surface area contributed by atoms with Gasteiger partial charge in [-0.25, -0.2) is 0 Å². The third kappa shape index (κ3) is 5.39. The summed E-state index contributed by atoms with van der Waals surface area (Å²) < 4.78 is 7.05. The van der Waals surface area contributed by atoms with Crippen molar-refractivity contribution in [3.8, 4) is 5.75 Å². The number of hydrogen-bond donors (Lipinski definition) is 0. The molecule has 0 bridgehead atoms. The fourth-order valence-corrected chi connectivity index (χ4v) is 3.09. The van der Waals surface area contributed by atoms with Crippen molar-refractivity contribution >= 4 is 15.9 Å². The third-order valence-electron chi connectivity index (χ3n) is 4.36. The Hall–Kier alpha value is -1.28. The van der Waals surface area contributed by atoms with Crippen LogP contribution in [0.5, 0.6) is 5.75 Å². The van der Waals surface area contributed by atoms with Gasteiger partial charge < -0.3 is 4.74 Å². The Labute approximate surface area is 149 Å². The molecule has 1 nitrogen and oxygen atoms in total. The Morgan fingerprint density at radius 1 is 1.00 bits per heavy atom. The van der Waals surface area contributed by atoms with Crippen LogP contribution in [0.3, 0.4) is 0 Å². The Balaban J connectivity index is 2.08. The Bertz CT molecular complexity index is 604. The van der Waals surface area contributed by atoms with Crippen LogP contribution in [0.4, 0.5) is 0 Å². The van der Waals surface area contributed by atoms with Gasteiger partial charge in [-0.3, -0.25) is 0 Å². The smallest absolute Gasteiger partial charge is 0.134 e. The molecule has 23 heavy (non-hydrogen) atoms. The first-order valence-corrected chi connectivity index (χ1v) is 9.29. The van der Waals surface area contributed by atoms with Crippen molar-refractivity contribution < 1.29 is 4.74 Å². The van der Waals surface area contributed by atoms with E-state index in [4.69, 9.17) is 4.74 Å². The molecule has 0 saturated heterocycles. The van der Waals surface area contributed by atoms with Crippen molar-refractivity contribution in [2.24, 2.45) is 0 Å². The molecule has 0 radical (unpaired) electrons. The average Bonchev–Trinajstić information content (AvgIpc) is 2.55. The van der Waals surface area contributed by atoms with Gasteiger partial charge in [0.05, 0.1) is 4.47 Å². The SMILES string of the molecule is CCCCCC(C)(C)c1ccc(Br)c(OCc2ccccc2)c1. The van der Waals surface area contributed by atoms with Crippen molar-refractivity contribution in [3.05, 3.63) is 64.1 Å². The van der Waals surface area contributed by atoms with Crippen LogP contribution in [0, 0.1) is 0 Å². The molecule has 2 aromatic carbocycles. The zero-order valence-corrected chi connectivity index (χ0v) is 16.0. The number of benzene rings is 2. The van der Waals surface area contributed by atoms with Gasteiger partial charge in [-0.2, -0.15) is 0 Å². The summed E-state index contributed by atoms with van der Waals surface area (Å²) in [4.78, 5) is 0. The van der Waals surface area contributed by atoms with Crippen LogP contribution in [0.1, 0.15) is 57.6 Å². The maximum absolute atomic E-state index is 6.04. The van der Waals surface area contributed by atoms with Crippen molar-refractivity contribution in [1.82, 2.24) is 0 Å². The molecule has 0 aliphatic rings. The number of halogens is 1. The summed E-state index contributed by atoms with van der Waals surface area (Å²) >= 11 is 3.61. The van der Waals surface area contributed by atoms with Crippen molar-refractivity contribution in [2.75, 3.05) is 0 Å². The van der Waals surface area contributed by atoms with E-state index in [0.29, 0.717) is 6.61 Å². The summed E-state index contributed by atoms with van der Waals surface area (Å²) in [6.07, 6.45) is 5.06. The molecule has 2 heteroatoms. The molecule has 0 atom stereocenters. The summed E-state index contributed by atoms with van der Waals surface area (Å²) in [5.41, 5.74) is 2.72. The molecule has 124 valence electrons. The van der Waals surface area contributed by atoms with E-state index in [1.54, 1.807) is 0 Å². The van der Waals surface area contributed by atoms with Crippen molar-refractivity contribution in [3.63, 3.8) is 0 Å². The van der Waals surface area contributed by atoms with Gasteiger partial charge in [0, 0.05) is 0 Å². The molecule has 0 aliphatic heterocycles. The molecular formula is C21H27BrO. The Morgan fingerprint density at radius 2 is 1.74 bits per heavy atom. The van der Waals surface area contributed by atoms with Crippen LogP contribution in [0.25, 0.3) is 0 Å². The standard InChI is InChI=1S/C21H27BrO/c1-4-5-9-14-21(2,3)18-12-13-19(22)20(15-18)23-16-17-10-7-6-8-11-17/h6-8,10-13,15H,4-5,9,14,16H2,1-3H3. The monoisotopic (exact) mass is 374 g/mol. The van der Waals surface area contributed by atoms with E-state index in [9.17, 15) is 0 Å². The quantitative estimate of drug-likeness (QED) is 0.457. The zero-order valence-electron chi connectivity index (χ0n) is 14.4. The Morgan fingerprint density at radius 3 is 2.43 bits per heavy atom. The predicted octanol–water partition coefficient (Wildman–Crippen LogP) is 6.89. The topological polar surface area (TPSA) is 9.23 Å². The fourth-order valence-electron chi connectivity index (χ4n) is 2.73. The molecule has 0 heterocycles. The second-order valence-corrected chi connectivity index (χ2v) is 7.61. The molecule has 2 aromatic rings. The average molecular weight is 375 g/mol. The molecule has 0 N–H and O–H groups in total. The number of unbranched alkanes of at least 4 members (excludes halogenated alkanes) is 2. The van der Waals surface area contributed by atoms with E-state index in [1.165, 1.54) is 36.8 Å². The molecule has 2 rings (SSSR count). The lowest BCUT2D eigenvalue weighted by Crippen LogP contribution is -2.17. The molecule has 0 aromatic heterocycles. The van der Waals surface area contributed by atoms with Gasteiger partial charge in [0.15, 0.2) is 0 Å². The highest BCUT2D eigenvalue weighted by atomic mass is 79.9. The minimum atomic E-state index is 0.181. The fraction of sp³-hybridized carbons (Fsp3) is 0.429. The van der Waals surface area contributed by atoms with Gasteiger partial charge in [0.25, 0.3) is 0 Å². The third-order valence-corrected chi connectivity index (χ3v) is 5.01. The molecule has 0 saturated carbocycles. The summed E-state index contributed by atoms with van der Waals surface area (Å²) in [6.45, 7) is 7.50. The predicted molar refractivity (Wildman–Crippen MR) is 102 cm³/mol. The zero-order chi connectivity index (χ0) is 16.7. The summed E-state index contributed by atoms with van der Waals surface area (Å²) in [6, 6.07) is 16.8. The first-order chi connectivity index (χ1) is 11.0. The van der Waals surface area contributed by atoms with Gasteiger partial charge in [0.2, 0.25) is 0 Å². The number of hydrogen-bond acceptors (Lipinski definition) is 1. The summed E-state index contributed by atoms with van der Waals surface area (Å²) in [7, 11) is 0. The molecule has 0 fully saturated rings. The van der Waals surface area contributed by atoms with E-state index in [-0.39, 0.29) is 5.41 Å². The van der Waals surface area contributed by atoms with Gasteiger partial charge >= 0.3 is 0 Å². The van der Waals surface area contributed by atoms with Crippen LogP contribution in [-0.2, 0) is 12.0 Å². The highest BCUT2D eigenvalue weighted by molar-refractivity contribution is 9.10. The normalized spacial score (nSPS) is 11.5. The molecule has 0 spiro atoms. The van der Waals surface area contributed by atoms with Gasteiger partial charge in [-0.15, -0.1) is 0 Å². The van der Waals surface area contributed by atoms with Crippen LogP contribution in [0.2, 0.25) is 0 Å². The van der Waals surface area contributed by atoms with Crippen molar-refractivity contribution in [1.29, 1.82) is 0 Å². The number of rotatable bonds is 8. The largest absolute Gasteiger partial charge is 0.488 e. The summed E-state index contributed by atoms with van der Waals surface area (Å²) in [5, 5.41) is 0. The lowest BCUT2D eigenvalue weighted by atomic mass is 9.80. The van der Waals surface area contributed by atoms with E-state index in [1.807, 2.05) is 18.2 Å². The van der Waals surface area contributed by atoms with E-state index >= 15 is 0 Å². The summed E-state index contributed by atoms with van der Waals surface area (Å²) in [5.74, 6) is 0.926. The van der Waals surface area contributed by atoms with Crippen molar-refractivity contribution in [2.45, 2.75) is 58.5 Å². The van der Waals surface area contributed by atoms with E-state index in [2.05, 4.69) is 67.0 Å². The lowest BCUT2D eigenvalue weighted by Gasteiger charge is -2.26. The maximum atomic E-state index is 6.04. The highest BCUT2D eigenvalue weighted by Gasteiger charge is 2.21. The second-order valence-electron chi connectivity index (χ2n) is 6.76. The van der Waals surface area contributed by atoms with Crippen LogP contribution >= 0.6 is 15.9 Å². The van der Waals surface area contributed by atoms with Gasteiger partial charge in [0.1, 0.15) is 12.4 Å². The van der Waals surface area contributed by atoms with Crippen LogP contribution in [0.15, 0.2) is 53.0 Å². The first kappa shape index (κ1) is 18.1. The lowest BCUT2D eigenvalue weighted by molar-refractivity contribution is 0.303. The minimum Gasteiger partial charge on any atom is -0.488 e. The first-order valence-electron chi connectivity index (χ1n) is 8.49. The van der Waals surface area contributed by atoms with Gasteiger partial charge in [-0.1, -0.05) is 76.4 Å². The number of ether oxygens (including phenoxy) is 1. The van der Waals surface area contributed by atoms with E-state index in [0.717, 1.165) is 10.2 Å². The Kier molecular flexibility index (Phi) is 6.71. The van der Waals surface area contributed by atoms with Crippen LogP contribution in [-0.4, -0.2) is 0 Å². The minimum absolute atomic E-state index is 0.181.